The van der Waals surface area contributed by atoms with E-state index in [2.05, 4.69) is 15.5 Å². The van der Waals surface area contributed by atoms with Crippen molar-refractivity contribution in [2.75, 3.05) is 5.43 Å². The van der Waals surface area contributed by atoms with Gasteiger partial charge in [0.2, 0.25) is 0 Å². The molecule has 1 heterocycles. The van der Waals surface area contributed by atoms with Gasteiger partial charge in [0.05, 0.1) is 0 Å². The number of nitrogens with one attached hydrogen (secondary N) is 1. The number of rotatable bonds is 2. The first-order chi connectivity index (χ1) is 5.68. The van der Waals surface area contributed by atoms with Gasteiger partial charge >= 0.3 is 0 Å². The predicted octanol–water partition coefficient (Wildman–Crippen LogP) is 0.683. The van der Waals surface area contributed by atoms with Crippen molar-refractivity contribution in [2.45, 2.75) is 13.8 Å². The number of nitrogens with zero attached hydrogens (tertiary/aromatic N) is 2. The average Bonchev–Trinajstić information content (AvgIpc) is 2.03. The van der Waals surface area contributed by atoms with Crippen LogP contribution in [0.15, 0.2) is 23.4 Å². The molecule has 0 aromatic carbocycles. The summed E-state index contributed by atoms with van der Waals surface area (Å²) in [5, 5.41) is 3.99. The lowest BCUT2D eigenvalue weighted by molar-refractivity contribution is 1.22. The number of pyridine rings is 1. The van der Waals surface area contributed by atoms with Crippen LogP contribution in [0.5, 0.6) is 0 Å². The number of aromatic nitrogens is 1. The van der Waals surface area contributed by atoms with Crippen LogP contribution in [-0.4, -0.2) is 18.5 Å². The van der Waals surface area contributed by atoms with Gasteiger partial charge in [0, 0.05) is 11.9 Å². The van der Waals surface area contributed by atoms with Gasteiger partial charge in [0.15, 0.2) is 0 Å². The predicted molar refractivity (Wildman–Crippen MR) is 52.0 cm³/mol. The van der Waals surface area contributed by atoms with Gasteiger partial charge < -0.3 is 0 Å². The van der Waals surface area contributed by atoms with E-state index in [-0.39, 0.29) is 0 Å². The van der Waals surface area contributed by atoms with Gasteiger partial charge in [-0.2, -0.15) is 5.10 Å². The first-order valence-electron chi connectivity index (χ1n) is 3.67. The molecule has 1 N–H and O–H groups in total. The maximum atomic E-state index is 5.46. The van der Waals surface area contributed by atoms with E-state index in [9.17, 15) is 0 Å². The van der Waals surface area contributed by atoms with Crippen LogP contribution in [0.1, 0.15) is 13.8 Å². The van der Waals surface area contributed by atoms with Crippen molar-refractivity contribution in [3.63, 3.8) is 0 Å². The fourth-order valence-corrected chi connectivity index (χ4v) is 0.641. The Kier molecular flexibility index (Phi) is 2.85. The monoisotopic (exact) mass is 159 g/mol. The second-order valence-electron chi connectivity index (χ2n) is 2.65. The van der Waals surface area contributed by atoms with Crippen LogP contribution < -0.4 is 10.9 Å². The molecule has 0 saturated carbocycles. The Balaban J connectivity index is 2.65. The quantitative estimate of drug-likeness (QED) is 0.391. The van der Waals surface area contributed by atoms with Crippen LogP contribution >= 0.6 is 0 Å². The van der Waals surface area contributed by atoms with E-state index in [1.807, 2.05) is 13.8 Å². The van der Waals surface area contributed by atoms with Crippen molar-refractivity contribution in [3.05, 3.63) is 18.3 Å². The summed E-state index contributed by atoms with van der Waals surface area (Å²) in [6.07, 6.45) is 1.59. The highest BCUT2D eigenvalue weighted by atomic mass is 15.3. The van der Waals surface area contributed by atoms with Crippen molar-refractivity contribution >= 4 is 24.8 Å². The molecule has 0 aliphatic rings. The Morgan fingerprint density at radius 1 is 1.50 bits per heavy atom. The van der Waals surface area contributed by atoms with Crippen molar-refractivity contribution in [1.82, 2.24) is 4.98 Å². The Hall–Kier alpha value is -1.32. The lowest BCUT2D eigenvalue weighted by Gasteiger charge is -1.99. The van der Waals surface area contributed by atoms with Crippen LogP contribution in [-0.2, 0) is 0 Å². The van der Waals surface area contributed by atoms with Gasteiger partial charge in [-0.25, -0.2) is 4.98 Å². The van der Waals surface area contributed by atoms with Crippen molar-refractivity contribution in [2.24, 2.45) is 5.10 Å². The summed E-state index contributed by atoms with van der Waals surface area (Å²) in [5.74, 6) is 0.699. The maximum absolute atomic E-state index is 5.46. The lowest BCUT2D eigenvalue weighted by Crippen LogP contribution is -2.04. The molecule has 12 heavy (non-hydrogen) atoms. The molecule has 60 valence electrons. The van der Waals surface area contributed by atoms with Gasteiger partial charge in [0.1, 0.15) is 13.7 Å². The molecule has 0 saturated heterocycles. The van der Waals surface area contributed by atoms with E-state index in [0.717, 1.165) is 5.71 Å². The zero-order chi connectivity index (χ0) is 8.97. The zero-order valence-corrected chi connectivity index (χ0v) is 7.20. The first kappa shape index (κ1) is 8.78. The molecule has 1 aromatic rings. The SMILES string of the molecule is [B]c1ccc(NN=C(C)C)nc1. The number of hydrogen-bond acceptors (Lipinski definition) is 3. The molecular formula is C8H10BN3. The highest BCUT2D eigenvalue weighted by Crippen LogP contribution is 1.97. The van der Waals surface area contributed by atoms with Gasteiger partial charge in [-0.15, -0.1) is 0 Å². The maximum Gasteiger partial charge on any atom is 0.146 e. The fraction of sp³-hybridized carbons (Fsp3) is 0.250. The molecule has 3 nitrogen and oxygen atoms in total. The molecule has 4 heteroatoms. The molecule has 0 fully saturated rings. The van der Waals surface area contributed by atoms with E-state index in [4.69, 9.17) is 7.85 Å². The Morgan fingerprint density at radius 3 is 2.75 bits per heavy atom. The Labute approximate surface area is 73.3 Å². The summed E-state index contributed by atoms with van der Waals surface area (Å²) in [6, 6.07) is 3.55. The molecule has 0 aliphatic heterocycles. The topological polar surface area (TPSA) is 37.3 Å². The van der Waals surface area contributed by atoms with Crippen LogP contribution in [0.3, 0.4) is 0 Å². The molecule has 0 amide bonds. The number of anilines is 1. The van der Waals surface area contributed by atoms with Crippen LogP contribution in [0, 0.1) is 0 Å². The summed E-state index contributed by atoms with van der Waals surface area (Å²) in [5.41, 5.74) is 4.40. The normalized spacial score (nSPS) is 9.17. The molecule has 0 atom stereocenters. The molecule has 1 rings (SSSR count). The van der Waals surface area contributed by atoms with Gasteiger partial charge in [-0.3, -0.25) is 5.43 Å². The largest absolute Gasteiger partial charge is 0.261 e. The molecule has 0 bridgehead atoms. The smallest absolute Gasteiger partial charge is 0.146 e. The minimum atomic E-state index is 0.651. The fourth-order valence-electron chi connectivity index (χ4n) is 0.641. The number of hydrogen-bond donors (Lipinski definition) is 1. The molecule has 0 spiro atoms. The van der Waals surface area contributed by atoms with Crippen LogP contribution in [0.4, 0.5) is 5.82 Å². The van der Waals surface area contributed by atoms with E-state index in [1.54, 1.807) is 18.3 Å². The highest BCUT2D eigenvalue weighted by Gasteiger charge is 1.88. The number of hydrazone groups is 1. The summed E-state index contributed by atoms with van der Waals surface area (Å²) in [4.78, 5) is 4.01. The van der Waals surface area contributed by atoms with E-state index >= 15 is 0 Å². The summed E-state index contributed by atoms with van der Waals surface area (Å²) < 4.78 is 0. The second kappa shape index (κ2) is 3.90. The summed E-state index contributed by atoms with van der Waals surface area (Å²) in [7, 11) is 5.46. The van der Waals surface area contributed by atoms with E-state index in [1.165, 1.54) is 0 Å². The second-order valence-corrected chi connectivity index (χ2v) is 2.65. The molecule has 0 aliphatic carbocycles. The molecule has 0 unspecified atom stereocenters. The van der Waals surface area contributed by atoms with E-state index < -0.39 is 0 Å². The van der Waals surface area contributed by atoms with Crippen LogP contribution in [0.25, 0.3) is 0 Å². The third-order valence-electron chi connectivity index (χ3n) is 1.18. The van der Waals surface area contributed by atoms with Crippen molar-refractivity contribution < 1.29 is 0 Å². The van der Waals surface area contributed by atoms with Gasteiger partial charge in [0.25, 0.3) is 0 Å². The lowest BCUT2D eigenvalue weighted by atomic mass is 9.99. The molecular weight excluding hydrogens is 149 g/mol. The first-order valence-corrected chi connectivity index (χ1v) is 3.67. The van der Waals surface area contributed by atoms with Gasteiger partial charge in [-0.05, 0) is 19.9 Å². The third kappa shape index (κ3) is 2.74. The van der Waals surface area contributed by atoms with Gasteiger partial charge in [-0.1, -0.05) is 11.5 Å². The third-order valence-corrected chi connectivity index (χ3v) is 1.18. The highest BCUT2D eigenvalue weighted by molar-refractivity contribution is 6.32. The summed E-state index contributed by atoms with van der Waals surface area (Å²) >= 11 is 0. The minimum Gasteiger partial charge on any atom is -0.261 e. The molecule has 1 aromatic heterocycles. The average molecular weight is 159 g/mol. The minimum absolute atomic E-state index is 0.651. The molecule has 2 radical (unpaired) electrons. The Morgan fingerprint density at radius 2 is 2.25 bits per heavy atom. The summed E-state index contributed by atoms with van der Waals surface area (Å²) in [6.45, 7) is 3.81. The van der Waals surface area contributed by atoms with Crippen molar-refractivity contribution in [1.29, 1.82) is 0 Å². The van der Waals surface area contributed by atoms with Crippen LogP contribution in [0.2, 0.25) is 0 Å². The Bertz CT molecular complexity index is 275. The standard InChI is InChI=1S/C8H10BN3/c1-6(2)11-12-8-4-3-7(9)5-10-8/h3-5H,1-2H3,(H,10,12). The zero-order valence-electron chi connectivity index (χ0n) is 7.20. The van der Waals surface area contributed by atoms with Crippen molar-refractivity contribution in [3.8, 4) is 0 Å². The van der Waals surface area contributed by atoms with E-state index in [0.29, 0.717) is 11.3 Å².